The van der Waals surface area contributed by atoms with Crippen LogP contribution in [0.3, 0.4) is 0 Å². The average molecular weight is 248 g/mol. The number of rotatable bonds is 1. The standard InChI is InChI=1S/C13H16N2O3/c1-13(2,3)7-15-11(17)8-5-4-6-9(16)10(8)14-12(15)18/h4-6,16H,7H2,1-3H3,(H,14,18). The second-order valence-electron chi connectivity index (χ2n) is 5.58. The predicted molar refractivity (Wildman–Crippen MR) is 69.9 cm³/mol. The van der Waals surface area contributed by atoms with Crippen molar-refractivity contribution in [2.24, 2.45) is 5.41 Å². The number of benzene rings is 1. The fourth-order valence-electron chi connectivity index (χ4n) is 1.88. The van der Waals surface area contributed by atoms with Crippen LogP contribution in [0.5, 0.6) is 5.75 Å². The lowest BCUT2D eigenvalue weighted by Gasteiger charge is -2.19. The molecule has 2 N–H and O–H groups in total. The molecule has 5 nitrogen and oxygen atoms in total. The molecule has 0 aliphatic heterocycles. The number of nitrogens with one attached hydrogen (secondary N) is 1. The lowest BCUT2D eigenvalue weighted by Crippen LogP contribution is -2.38. The maximum atomic E-state index is 12.2. The van der Waals surface area contributed by atoms with Crippen LogP contribution in [0.1, 0.15) is 20.8 Å². The van der Waals surface area contributed by atoms with Gasteiger partial charge in [0.25, 0.3) is 5.56 Å². The Morgan fingerprint density at radius 3 is 2.56 bits per heavy atom. The Morgan fingerprint density at radius 2 is 1.94 bits per heavy atom. The van der Waals surface area contributed by atoms with Crippen LogP contribution in [0.15, 0.2) is 27.8 Å². The molecule has 0 saturated carbocycles. The third-order valence-corrected chi connectivity index (χ3v) is 2.63. The van der Waals surface area contributed by atoms with Crippen LogP contribution in [-0.4, -0.2) is 14.7 Å². The Labute approximate surface area is 104 Å². The van der Waals surface area contributed by atoms with Gasteiger partial charge >= 0.3 is 5.69 Å². The second kappa shape index (κ2) is 4.01. The minimum absolute atomic E-state index is 0.0930. The molecular formula is C13H16N2O3. The van der Waals surface area contributed by atoms with Crippen LogP contribution in [0.4, 0.5) is 0 Å². The van der Waals surface area contributed by atoms with Gasteiger partial charge in [-0.25, -0.2) is 4.79 Å². The highest BCUT2D eigenvalue weighted by Gasteiger charge is 2.16. The van der Waals surface area contributed by atoms with Gasteiger partial charge in [0, 0.05) is 6.54 Å². The van der Waals surface area contributed by atoms with E-state index >= 15 is 0 Å². The summed E-state index contributed by atoms with van der Waals surface area (Å²) in [7, 11) is 0. The van der Waals surface area contributed by atoms with Crippen molar-refractivity contribution in [3.63, 3.8) is 0 Å². The first-order chi connectivity index (χ1) is 8.29. The summed E-state index contributed by atoms with van der Waals surface area (Å²) in [6.45, 7) is 6.18. The van der Waals surface area contributed by atoms with Crippen molar-refractivity contribution in [3.8, 4) is 5.75 Å². The van der Waals surface area contributed by atoms with Crippen LogP contribution in [0.25, 0.3) is 10.9 Å². The van der Waals surface area contributed by atoms with Gasteiger partial charge in [-0.05, 0) is 17.5 Å². The minimum atomic E-state index is -0.496. The van der Waals surface area contributed by atoms with Gasteiger partial charge in [-0.2, -0.15) is 0 Å². The highest BCUT2D eigenvalue weighted by molar-refractivity contribution is 5.82. The Hall–Kier alpha value is -2.04. The van der Waals surface area contributed by atoms with Crippen molar-refractivity contribution in [1.82, 2.24) is 9.55 Å². The number of fused-ring (bicyclic) bond motifs is 1. The maximum absolute atomic E-state index is 12.2. The Balaban J connectivity index is 2.79. The van der Waals surface area contributed by atoms with Crippen molar-refractivity contribution in [1.29, 1.82) is 0 Å². The van der Waals surface area contributed by atoms with Crippen molar-refractivity contribution in [3.05, 3.63) is 39.0 Å². The molecule has 0 spiro atoms. The fraction of sp³-hybridized carbons (Fsp3) is 0.385. The fourth-order valence-corrected chi connectivity index (χ4v) is 1.88. The van der Waals surface area contributed by atoms with Gasteiger partial charge in [0.15, 0.2) is 0 Å². The zero-order valence-electron chi connectivity index (χ0n) is 10.7. The summed E-state index contributed by atoms with van der Waals surface area (Å²) in [5, 5.41) is 9.94. The molecule has 0 atom stereocenters. The molecule has 0 radical (unpaired) electrons. The molecule has 1 aromatic heterocycles. The zero-order valence-corrected chi connectivity index (χ0v) is 10.7. The van der Waals surface area contributed by atoms with Gasteiger partial charge in [-0.3, -0.25) is 9.36 Å². The monoisotopic (exact) mass is 248 g/mol. The summed E-state index contributed by atoms with van der Waals surface area (Å²) in [5.74, 6) is -0.0930. The van der Waals surface area contributed by atoms with E-state index in [1.54, 1.807) is 12.1 Å². The molecule has 0 saturated heterocycles. The number of para-hydroxylation sites is 1. The smallest absolute Gasteiger partial charge is 0.328 e. The summed E-state index contributed by atoms with van der Waals surface area (Å²) >= 11 is 0. The topological polar surface area (TPSA) is 75.1 Å². The molecule has 1 aromatic carbocycles. The van der Waals surface area contributed by atoms with E-state index in [1.807, 2.05) is 20.8 Å². The number of aromatic amines is 1. The Bertz CT molecular complexity index is 705. The van der Waals surface area contributed by atoms with E-state index in [1.165, 1.54) is 10.6 Å². The summed E-state index contributed by atoms with van der Waals surface area (Å²) < 4.78 is 1.17. The molecular weight excluding hydrogens is 232 g/mol. The summed E-state index contributed by atoms with van der Waals surface area (Å²) in [6.07, 6.45) is 0. The molecule has 1 heterocycles. The molecule has 2 rings (SSSR count). The summed E-state index contributed by atoms with van der Waals surface area (Å²) in [6, 6.07) is 4.61. The Morgan fingerprint density at radius 1 is 1.28 bits per heavy atom. The zero-order chi connectivity index (χ0) is 13.5. The number of phenolic OH excluding ortho intramolecular Hbond substituents is 1. The Kier molecular flexibility index (Phi) is 2.77. The molecule has 0 fully saturated rings. The predicted octanol–water partition coefficient (Wildman–Crippen LogP) is 1.44. The molecule has 0 bridgehead atoms. The van der Waals surface area contributed by atoms with E-state index in [9.17, 15) is 14.7 Å². The number of hydrogen-bond donors (Lipinski definition) is 2. The van der Waals surface area contributed by atoms with Gasteiger partial charge < -0.3 is 10.1 Å². The molecule has 0 unspecified atom stereocenters. The summed E-state index contributed by atoms with van der Waals surface area (Å²) in [5.41, 5.74) is -0.859. The van der Waals surface area contributed by atoms with E-state index in [0.29, 0.717) is 11.9 Å². The van der Waals surface area contributed by atoms with E-state index in [0.717, 1.165) is 0 Å². The minimum Gasteiger partial charge on any atom is -0.506 e. The number of H-pyrrole nitrogens is 1. The van der Waals surface area contributed by atoms with Gasteiger partial charge in [0.2, 0.25) is 0 Å². The van der Waals surface area contributed by atoms with Crippen LogP contribution >= 0.6 is 0 Å². The van der Waals surface area contributed by atoms with E-state index in [2.05, 4.69) is 4.98 Å². The molecule has 2 aromatic rings. The van der Waals surface area contributed by atoms with Gasteiger partial charge in [-0.1, -0.05) is 26.8 Å². The van der Waals surface area contributed by atoms with Crippen molar-refractivity contribution in [2.75, 3.05) is 0 Å². The molecule has 0 amide bonds. The lowest BCUT2D eigenvalue weighted by molar-refractivity contribution is 0.332. The number of hydrogen-bond acceptors (Lipinski definition) is 3. The van der Waals surface area contributed by atoms with E-state index in [-0.39, 0.29) is 22.2 Å². The summed E-state index contributed by atoms with van der Waals surface area (Å²) in [4.78, 5) is 26.6. The molecule has 5 heteroatoms. The maximum Gasteiger partial charge on any atom is 0.328 e. The molecule has 0 aliphatic carbocycles. The largest absolute Gasteiger partial charge is 0.506 e. The van der Waals surface area contributed by atoms with Gasteiger partial charge in [-0.15, -0.1) is 0 Å². The number of phenols is 1. The normalized spacial score (nSPS) is 11.9. The lowest BCUT2D eigenvalue weighted by atomic mass is 9.97. The number of aromatic hydroxyl groups is 1. The van der Waals surface area contributed by atoms with Crippen molar-refractivity contribution >= 4 is 10.9 Å². The number of aromatic nitrogens is 2. The highest BCUT2D eigenvalue weighted by atomic mass is 16.3. The molecule has 0 aliphatic rings. The quantitative estimate of drug-likeness (QED) is 0.801. The third-order valence-electron chi connectivity index (χ3n) is 2.63. The van der Waals surface area contributed by atoms with Crippen LogP contribution in [0, 0.1) is 5.41 Å². The van der Waals surface area contributed by atoms with Crippen molar-refractivity contribution < 1.29 is 5.11 Å². The van der Waals surface area contributed by atoms with Crippen molar-refractivity contribution in [2.45, 2.75) is 27.3 Å². The van der Waals surface area contributed by atoms with Gasteiger partial charge in [0.1, 0.15) is 5.75 Å². The highest BCUT2D eigenvalue weighted by Crippen LogP contribution is 2.19. The van der Waals surface area contributed by atoms with E-state index < -0.39 is 5.69 Å². The van der Waals surface area contributed by atoms with Crippen LogP contribution in [-0.2, 0) is 6.54 Å². The first-order valence-corrected chi connectivity index (χ1v) is 5.74. The SMILES string of the molecule is CC(C)(C)Cn1c(=O)[nH]c2c(O)cccc2c1=O. The molecule has 18 heavy (non-hydrogen) atoms. The first-order valence-electron chi connectivity index (χ1n) is 5.74. The van der Waals surface area contributed by atoms with Crippen LogP contribution < -0.4 is 11.2 Å². The second-order valence-corrected chi connectivity index (χ2v) is 5.58. The van der Waals surface area contributed by atoms with Gasteiger partial charge in [0.05, 0.1) is 10.9 Å². The average Bonchev–Trinajstić information content (AvgIpc) is 2.25. The van der Waals surface area contributed by atoms with E-state index in [4.69, 9.17) is 0 Å². The third kappa shape index (κ3) is 2.16. The van der Waals surface area contributed by atoms with Crippen LogP contribution in [0.2, 0.25) is 0 Å². The first kappa shape index (κ1) is 12.4. The molecule has 96 valence electrons. The number of nitrogens with zero attached hydrogens (tertiary/aromatic N) is 1.